The minimum absolute atomic E-state index is 0.565. The monoisotopic (exact) mass is 326 g/mol. The summed E-state index contributed by atoms with van der Waals surface area (Å²) < 4.78 is 0. The second kappa shape index (κ2) is 6.73. The zero-order chi connectivity index (χ0) is 16.4. The lowest BCUT2D eigenvalue weighted by atomic mass is 10.0. The van der Waals surface area contributed by atoms with Crippen LogP contribution in [0.2, 0.25) is 0 Å². The summed E-state index contributed by atoms with van der Waals surface area (Å²) in [4.78, 5) is 5.20. The highest BCUT2D eigenvalue weighted by molar-refractivity contribution is 5.62. The van der Waals surface area contributed by atoms with E-state index < -0.39 is 0 Å². The van der Waals surface area contributed by atoms with Gasteiger partial charge in [-0.15, -0.1) is 0 Å². The number of benzene rings is 1. The molecule has 0 bridgehead atoms. The summed E-state index contributed by atoms with van der Waals surface area (Å²) in [7, 11) is 0. The molecule has 0 atom stereocenters. The van der Waals surface area contributed by atoms with Crippen molar-refractivity contribution in [2.45, 2.75) is 31.7 Å². The van der Waals surface area contributed by atoms with Crippen LogP contribution in [0.25, 0.3) is 0 Å². The number of nitrogens with zero attached hydrogens (tertiary/aromatic N) is 3. The van der Waals surface area contributed by atoms with Crippen molar-refractivity contribution < 1.29 is 0 Å². The molecule has 1 aromatic carbocycles. The van der Waals surface area contributed by atoms with Gasteiger partial charge in [-0.25, -0.2) is 0 Å². The third-order valence-electron chi connectivity index (χ3n) is 5.22. The van der Waals surface area contributed by atoms with Gasteiger partial charge in [0.2, 0.25) is 0 Å². The van der Waals surface area contributed by atoms with Crippen LogP contribution in [0.15, 0.2) is 30.3 Å². The van der Waals surface area contributed by atoms with E-state index in [1.807, 2.05) is 0 Å². The van der Waals surface area contributed by atoms with E-state index in [1.165, 1.54) is 44.5 Å². The normalized spacial score (nSPS) is 19.8. The van der Waals surface area contributed by atoms with E-state index in [0.717, 1.165) is 30.6 Å². The highest BCUT2D eigenvalue weighted by Gasteiger charge is 2.26. The molecule has 3 heterocycles. The lowest BCUT2D eigenvalue weighted by Crippen LogP contribution is -2.43. The summed E-state index contributed by atoms with van der Waals surface area (Å²) in [5, 5.41) is 10.1. The highest BCUT2D eigenvalue weighted by atomic mass is 15.2. The van der Waals surface area contributed by atoms with Crippen molar-refractivity contribution >= 4 is 23.0 Å². The maximum Gasteiger partial charge on any atom is 0.154 e. The number of nitrogen functional groups attached to an aromatic ring is 1. The predicted octanol–water partition coefficient (Wildman–Crippen LogP) is 2.80. The lowest BCUT2D eigenvalue weighted by molar-refractivity contribution is 0.208. The van der Waals surface area contributed by atoms with Crippen LogP contribution >= 0.6 is 0 Å². The molecule has 0 radical (unpaired) electrons. The van der Waals surface area contributed by atoms with Gasteiger partial charge >= 0.3 is 0 Å². The molecule has 0 unspecified atom stereocenters. The van der Waals surface area contributed by atoms with Crippen molar-refractivity contribution in [2.24, 2.45) is 0 Å². The van der Waals surface area contributed by atoms with E-state index in [9.17, 15) is 0 Å². The molecule has 2 fully saturated rings. The van der Waals surface area contributed by atoms with Crippen LogP contribution < -0.4 is 16.0 Å². The van der Waals surface area contributed by atoms with Crippen molar-refractivity contribution in [2.75, 3.05) is 42.1 Å². The van der Waals surface area contributed by atoms with Crippen molar-refractivity contribution in [1.82, 2.24) is 15.1 Å². The Labute approximate surface area is 143 Å². The number of piperidine rings is 1. The maximum atomic E-state index is 5.64. The van der Waals surface area contributed by atoms with Crippen LogP contribution in [0.5, 0.6) is 0 Å². The number of nitrogens with two attached hydrogens (primary N) is 1. The van der Waals surface area contributed by atoms with Gasteiger partial charge in [-0.2, -0.15) is 5.10 Å². The van der Waals surface area contributed by atoms with E-state index in [4.69, 9.17) is 5.73 Å². The molecule has 0 saturated carbocycles. The van der Waals surface area contributed by atoms with E-state index in [-0.39, 0.29) is 0 Å². The Morgan fingerprint density at radius 3 is 2.38 bits per heavy atom. The first-order chi connectivity index (χ1) is 11.8. The molecular weight excluding hydrogens is 300 g/mol. The highest BCUT2D eigenvalue weighted by Crippen LogP contribution is 2.26. The Morgan fingerprint density at radius 2 is 1.75 bits per heavy atom. The maximum absolute atomic E-state index is 5.64. The van der Waals surface area contributed by atoms with Crippen molar-refractivity contribution in [3.8, 4) is 0 Å². The minimum Gasteiger partial charge on any atom is -0.384 e. The standard InChI is InChI=1S/C18H26N6/c19-17-13-18(22-21-17)20-14-3-5-15(6-4-14)24-11-7-16(8-12-24)23-9-1-2-10-23/h3-6,13,16H,1-2,7-12H2,(H4,19,20,21,22). The number of anilines is 4. The summed E-state index contributed by atoms with van der Waals surface area (Å²) >= 11 is 0. The van der Waals surface area contributed by atoms with Crippen molar-refractivity contribution in [3.63, 3.8) is 0 Å². The zero-order valence-corrected chi connectivity index (χ0v) is 14.0. The molecule has 6 nitrogen and oxygen atoms in total. The first kappa shape index (κ1) is 15.3. The Bertz CT molecular complexity index is 650. The Kier molecular flexibility index (Phi) is 4.30. The molecule has 0 amide bonds. The third kappa shape index (κ3) is 3.33. The first-order valence-corrected chi connectivity index (χ1v) is 8.95. The molecule has 2 aromatic rings. The van der Waals surface area contributed by atoms with Crippen LogP contribution in [0, 0.1) is 0 Å². The average molecular weight is 326 g/mol. The summed E-state index contributed by atoms with van der Waals surface area (Å²) in [6, 6.07) is 11.2. The van der Waals surface area contributed by atoms with Gasteiger partial charge in [0.25, 0.3) is 0 Å². The number of aromatic amines is 1. The van der Waals surface area contributed by atoms with E-state index in [0.29, 0.717) is 5.82 Å². The zero-order valence-electron chi connectivity index (χ0n) is 14.0. The fourth-order valence-electron chi connectivity index (χ4n) is 3.90. The Hall–Kier alpha value is -2.21. The number of hydrogen-bond donors (Lipinski definition) is 3. The number of likely N-dealkylation sites (tertiary alicyclic amines) is 1. The topological polar surface area (TPSA) is 73.2 Å². The quantitative estimate of drug-likeness (QED) is 0.806. The van der Waals surface area contributed by atoms with E-state index in [2.05, 4.69) is 49.6 Å². The van der Waals surface area contributed by atoms with Crippen LogP contribution in [0.3, 0.4) is 0 Å². The molecule has 0 aliphatic carbocycles. The number of hydrogen-bond acceptors (Lipinski definition) is 5. The molecular formula is C18H26N6. The molecule has 24 heavy (non-hydrogen) atoms. The molecule has 6 heteroatoms. The van der Waals surface area contributed by atoms with Crippen LogP contribution in [0.1, 0.15) is 25.7 Å². The first-order valence-electron chi connectivity index (χ1n) is 8.95. The minimum atomic E-state index is 0.565. The molecule has 2 aliphatic rings. The summed E-state index contributed by atoms with van der Waals surface area (Å²) in [5.74, 6) is 1.31. The van der Waals surface area contributed by atoms with Gasteiger partial charge in [-0.3, -0.25) is 5.10 Å². The third-order valence-corrected chi connectivity index (χ3v) is 5.22. The summed E-state index contributed by atoms with van der Waals surface area (Å²) in [6.07, 6.45) is 5.34. The molecule has 2 aliphatic heterocycles. The van der Waals surface area contributed by atoms with Crippen molar-refractivity contribution in [3.05, 3.63) is 30.3 Å². The van der Waals surface area contributed by atoms with Gasteiger partial charge in [0, 0.05) is 36.6 Å². The fourth-order valence-corrected chi connectivity index (χ4v) is 3.90. The average Bonchev–Trinajstić information content (AvgIpc) is 3.28. The molecule has 0 spiro atoms. The number of H-pyrrole nitrogens is 1. The molecule has 4 rings (SSSR count). The van der Waals surface area contributed by atoms with Gasteiger partial charge in [-0.05, 0) is 63.0 Å². The van der Waals surface area contributed by atoms with Crippen molar-refractivity contribution in [1.29, 1.82) is 0 Å². The van der Waals surface area contributed by atoms with Crippen LogP contribution in [-0.2, 0) is 0 Å². The van der Waals surface area contributed by atoms with E-state index >= 15 is 0 Å². The van der Waals surface area contributed by atoms with Gasteiger partial charge < -0.3 is 20.9 Å². The summed E-state index contributed by atoms with van der Waals surface area (Å²) in [6.45, 7) is 4.93. The molecule has 1 aromatic heterocycles. The number of rotatable bonds is 4. The second-order valence-corrected chi connectivity index (χ2v) is 6.84. The summed E-state index contributed by atoms with van der Waals surface area (Å²) in [5.41, 5.74) is 7.97. The predicted molar refractivity (Wildman–Crippen MR) is 98.8 cm³/mol. The van der Waals surface area contributed by atoms with E-state index in [1.54, 1.807) is 6.07 Å². The number of aromatic nitrogens is 2. The van der Waals surface area contributed by atoms with Crippen LogP contribution in [-0.4, -0.2) is 47.3 Å². The second-order valence-electron chi connectivity index (χ2n) is 6.84. The van der Waals surface area contributed by atoms with Gasteiger partial charge in [-0.1, -0.05) is 0 Å². The molecule has 128 valence electrons. The fraction of sp³-hybridized carbons (Fsp3) is 0.500. The lowest BCUT2D eigenvalue weighted by Gasteiger charge is -2.37. The smallest absolute Gasteiger partial charge is 0.154 e. The Balaban J connectivity index is 1.33. The number of nitrogens with one attached hydrogen (secondary N) is 2. The van der Waals surface area contributed by atoms with Gasteiger partial charge in [0.05, 0.1) is 0 Å². The molecule has 4 N–H and O–H groups in total. The van der Waals surface area contributed by atoms with Crippen LogP contribution in [0.4, 0.5) is 23.0 Å². The van der Waals surface area contributed by atoms with Gasteiger partial charge in [0.1, 0.15) is 5.82 Å². The Morgan fingerprint density at radius 1 is 1.04 bits per heavy atom. The molecule has 2 saturated heterocycles. The van der Waals surface area contributed by atoms with Gasteiger partial charge in [0.15, 0.2) is 5.82 Å². The SMILES string of the molecule is Nc1cc(Nc2ccc(N3CCC(N4CCCC4)CC3)cc2)n[nH]1. The largest absolute Gasteiger partial charge is 0.384 e.